The predicted octanol–water partition coefficient (Wildman–Crippen LogP) is 4.45. The van der Waals surface area contributed by atoms with E-state index >= 15 is 0 Å². The van der Waals surface area contributed by atoms with Gasteiger partial charge in [-0.2, -0.15) is 0 Å². The van der Waals surface area contributed by atoms with Crippen LogP contribution < -0.4 is 15.1 Å². The van der Waals surface area contributed by atoms with Crippen molar-refractivity contribution < 1.29 is 13.2 Å². The first-order chi connectivity index (χ1) is 15.6. The molecule has 7 nitrogen and oxygen atoms in total. The molecule has 0 saturated carbocycles. The largest absolute Gasteiger partial charge is 0.497 e. The van der Waals surface area contributed by atoms with E-state index in [1.807, 2.05) is 43.3 Å². The number of ether oxygens (including phenoxy) is 1. The van der Waals surface area contributed by atoms with Gasteiger partial charge in [0, 0.05) is 23.9 Å². The Bertz CT molecular complexity index is 1520. The quantitative estimate of drug-likeness (QED) is 0.438. The van der Waals surface area contributed by atoms with E-state index in [9.17, 15) is 13.2 Å². The van der Waals surface area contributed by atoms with Crippen molar-refractivity contribution in [1.29, 1.82) is 0 Å². The van der Waals surface area contributed by atoms with Gasteiger partial charge in [0.15, 0.2) is 0 Å². The number of nitrogens with one attached hydrogen (secondary N) is 1. The van der Waals surface area contributed by atoms with E-state index in [-0.39, 0.29) is 10.6 Å². The number of anilines is 1. The second-order valence-corrected chi connectivity index (χ2v) is 10.7. The molecule has 0 unspecified atom stereocenters. The molecule has 0 amide bonds. The Kier molecular flexibility index (Phi) is 6.02. The van der Waals surface area contributed by atoms with Crippen LogP contribution in [-0.2, 0) is 24.1 Å². The third-order valence-electron chi connectivity index (χ3n) is 5.52. The van der Waals surface area contributed by atoms with Crippen molar-refractivity contribution in [1.82, 2.24) is 9.13 Å². The lowest BCUT2D eigenvalue weighted by molar-refractivity contribution is 0.414. The molecule has 0 radical (unpaired) electrons. The molecule has 33 heavy (non-hydrogen) atoms. The molecule has 4 rings (SSSR count). The Hall–Kier alpha value is -3.17. The molecule has 0 fully saturated rings. The lowest BCUT2D eigenvalue weighted by Gasteiger charge is -2.15. The van der Waals surface area contributed by atoms with Crippen LogP contribution in [0.15, 0.2) is 74.1 Å². The molecule has 0 aliphatic heterocycles. The first kappa shape index (κ1) is 23.0. The van der Waals surface area contributed by atoms with Crippen molar-refractivity contribution in [3.63, 3.8) is 0 Å². The summed E-state index contributed by atoms with van der Waals surface area (Å²) in [6.07, 6.45) is 0. The maximum atomic E-state index is 13.3. The van der Waals surface area contributed by atoms with Crippen LogP contribution in [0.5, 0.6) is 5.75 Å². The normalized spacial score (nSPS) is 11.7. The summed E-state index contributed by atoms with van der Waals surface area (Å²) >= 11 is 1.41. The van der Waals surface area contributed by atoms with Gasteiger partial charge < -0.3 is 4.74 Å². The average molecular weight is 484 g/mol. The number of hydrogen-bond acceptors (Lipinski definition) is 5. The second kappa shape index (κ2) is 8.64. The maximum absolute atomic E-state index is 13.3. The van der Waals surface area contributed by atoms with E-state index in [2.05, 4.69) is 4.72 Å². The van der Waals surface area contributed by atoms with Gasteiger partial charge >= 0.3 is 5.69 Å². The third-order valence-corrected chi connectivity index (χ3v) is 8.12. The highest BCUT2D eigenvalue weighted by Gasteiger charge is 2.21. The number of imidazole rings is 1. The zero-order valence-electron chi connectivity index (χ0n) is 19.0. The minimum absolute atomic E-state index is 0.181. The smallest absolute Gasteiger partial charge is 0.328 e. The SMILES string of the molecule is COc1ccc(Sc2cc3c(cc2NS(=O)(=O)c2ccc(C)cc2C)n(C)c(=O)n3C)cc1. The molecule has 4 aromatic rings. The van der Waals surface area contributed by atoms with Crippen molar-refractivity contribution in [2.45, 2.75) is 28.5 Å². The third kappa shape index (κ3) is 4.38. The van der Waals surface area contributed by atoms with Crippen LogP contribution in [0.1, 0.15) is 11.1 Å². The molecule has 0 aliphatic rings. The molecule has 0 aliphatic carbocycles. The van der Waals surface area contributed by atoms with Crippen molar-refractivity contribution in [2.75, 3.05) is 11.8 Å². The summed E-state index contributed by atoms with van der Waals surface area (Å²) in [6, 6.07) is 16.3. The van der Waals surface area contributed by atoms with E-state index in [1.165, 1.54) is 16.3 Å². The number of aromatic nitrogens is 2. The molecule has 0 atom stereocenters. The van der Waals surface area contributed by atoms with Gasteiger partial charge in [0.2, 0.25) is 0 Å². The van der Waals surface area contributed by atoms with Gasteiger partial charge in [-0.3, -0.25) is 13.9 Å². The Balaban J connectivity index is 1.84. The van der Waals surface area contributed by atoms with Gasteiger partial charge in [-0.1, -0.05) is 29.5 Å². The monoisotopic (exact) mass is 483 g/mol. The van der Waals surface area contributed by atoms with E-state index < -0.39 is 10.0 Å². The highest BCUT2D eigenvalue weighted by Crippen LogP contribution is 2.38. The van der Waals surface area contributed by atoms with Crippen LogP contribution in [0.4, 0.5) is 5.69 Å². The van der Waals surface area contributed by atoms with Crippen LogP contribution in [-0.4, -0.2) is 24.7 Å². The molecule has 0 saturated heterocycles. The van der Waals surface area contributed by atoms with E-state index in [1.54, 1.807) is 50.9 Å². The Morgan fingerprint density at radius 1 is 0.909 bits per heavy atom. The molecule has 0 bridgehead atoms. The maximum Gasteiger partial charge on any atom is 0.328 e. The summed E-state index contributed by atoms with van der Waals surface area (Å²) in [7, 11) is 1.12. The molecule has 1 heterocycles. The molecule has 172 valence electrons. The fraction of sp³-hybridized carbons (Fsp3) is 0.208. The van der Waals surface area contributed by atoms with Crippen LogP contribution in [0.3, 0.4) is 0 Å². The summed E-state index contributed by atoms with van der Waals surface area (Å²) in [5, 5.41) is 0. The van der Waals surface area contributed by atoms with E-state index in [0.717, 1.165) is 16.2 Å². The summed E-state index contributed by atoms with van der Waals surface area (Å²) < 4.78 is 37.6. The Morgan fingerprint density at radius 3 is 2.15 bits per heavy atom. The summed E-state index contributed by atoms with van der Waals surface area (Å²) in [5.41, 5.74) is 3.24. The number of methoxy groups -OCH3 is 1. The lowest BCUT2D eigenvalue weighted by Crippen LogP contribution is -2.19. The molecule has 9 heteroatoms. The molecule has 3 aromatic carbocycles. The minimum Gasteiger partial charge on any atom is -0.497 e. The first-order valence-corrected chi connectivity index (χ1v) is 12.5. The predicted molar refractivity (Wildman–Crippen MR) is 132 cm³/mol. The second-order valence-electron chi connectivity index (χ2n) is 7.89. The van der Waals surface area contributed by atoms with Crippen LogP contribution >= 0.6 is 11.8 Å². The van der Waals surface area contributed by atoms with Crippen molar-refractivity contribution in [2.24, 2.45) is 14.1 Å². The number of fused-ring (bicyclic) bond motifs is 1. The topological polar surface area (TPSA) is 82.3 Å². The van der Waals surface area contributed by atoms with Gasteiger partial charge in [-0.15, -0.1) is 0 Å². The first-order valence-electron chi connectivity index (χ1n) is 10.2. The number of sulfonamides is 1. The molecule has 0 spiro atoms. The standard InChI is InChI=1S/C24H25N3O4S2/c1-15-6-11-23(16(2)12-15)33(29,30)25-19-13-20-21(27(4)24(28)26(20)3)14-22(19)32-18-9-7-17(31-5)8-10-18/h6-14,25H,1-5H3. The lowest BCUT2D eigenvalue weighted by atomic mass is 10.2. The van der Waals surface area contributed by atoms with Crippen molar-refractivity contribution in [3.05, 3.63) is 76.2 Å². The van der Waals surface area contributed by atoms with Gasteiger partial charge in [0.1, 0.15) is 5.75 Å². The Morgan fingerprint density at radius 2 is 1.55 bits per heavy atom. The van der Waals surface area contributed by atoms with E-state index in [4.69, 9.17) is 4.74 Å². The minimum atomic E-state index is -3.85. The van der Waals surface area contributed by atoms with Crippen LogP contribution in [0.25, 0.3) is 11.0 Å². The van der Waals surface area contributed by atoms with Gasteiger partial charge in [0.05, 0.1) is 28.7 Å². The average Bonchev–Trinajstić information content (AvgIpc) is 2.97. The summed E-state index contributed by atoms with van der Waals surface area (Å²) in [4.78, 5) is 14.3. The molecular formula is C24H25N3O4S2. The zero-order valence-corrected chi connectivity index (χ0v) is 20.7. The van der Waals surface area contributed by atoms with E-state index in [0.29, 0.717) is 27.2 Å². The number of benzene rings is 3. The number of rotatable bonds is 6. The van der Waals surface area contributed by atoms with Crippen LogP contribution in [0, 0.1) is 13.8 Å². The zero-order chi connectivity index (χ0) is 23.9. The fourth-order valence-corrected chi connectivity index (χ4v) is 6.04. The summed E-state index contributed by atoms with van der Waals surface area (Å²) in [5.74, 6) is 0.732. The molecular weight excluding hydrogens is 458 g/mol. The Labute approximate surface area is 197 Å². The number of hydrogen-bond donors (Lipinski definition) is 1. The number of aryl methyl sites for hydroxylation is 4. The fourth-order valence-electron chi connectivity index (χ4n) is 3.76. The van der Waals surface area contributed by atoms with Crippen LogP contribution in [0.2, 0.25) is 0 Å². The van der Waals surface area contributed by atoms with Gasteiger partial charge in [0.25, 0.3) is 10.0 Å². The molecule has 1 N–H and O–H groups in total. The van der Waals surface area contributed by atoms with Crippen molar-refractivity contribution in [3.8, 4) is 5.75 Å². The highest BCUT2D eigenvalue weighted by atomic mass is 32.2. The summed E-state index contributed by atoms with van der Waals surface area (Å²) in [6.45, 7) is 3.70. The van der Waals surface area contributed by atoms with Gasteiger partial charge in [-0.25, -0.2) is 13.2 Å². The van der Waals surface area contributed by atoms with Gasteiger partial charge in [-0.05, 0) is 61.9 Å². The highest BCUT2D eigenvalue weighted by molar-refractivity contribution is 7.99. The molecule has 1 aromatic heterocycles. The number of nitrogens with zero attached hydrogens (tertiary/aromatic N) is 2. The van der Waals surface area contributed by atoms with Crippen molar-refractivity contribution >= 4 is 38.5 Å².